The second-order valence-electron chi connectivity index (χ2n) is 19.5. The predicted molar refractivity (Wildman–Crippen MR) is 306 cm³/mol. The molecule has 0 spiro atoms. The zero-order valence-electron chi connectivity index (χ0n) is 41.3. The molecular weight excluding hydrogens is 885 g/mol. The number of aliphatic imine (C=N–C) groups is 3. The van der Waals surface area contributed by atoms with E-state index in [9.17, 15) is 0 Å². The van der Waals surface area contributed by atoms with Crippen LogP contribution < -0.4 is 4.90 Å². The van der Waals surface area contributed by atoms with E-state index < -0.39 is 16.6 Å². The standard InChI is InChI=1S/C69H54N4/c1-49-10-4-13-55(46-49)52-16-22-58(23-17-52)67(40-7-43-70-67)61-28-34-64(35-29-61)73(65-36-30-62(31-37-65)68(41-8-44-71-68)59-24-18-53(19-25-59)56-14-5-11-50(2)47-56)66-38-32-63(33-39-66)69(42-9-45-72-69)60-26-20-54(21-27-60)57-15-6-12-51(3)48-57/h4-48H,1-3H3. The van der Waals surface area contributed by atoms with Crippen molar-refractivity contribution in [3.63, 3.8) is 0 Å². The SMILES string of the molecule is Cc1cccc(-c2ccc(C3(c4ccc(N(c5ccc(C6(c7ccc(-c8cccc(C)c8)cc7)C=CC=N6)cc5)c5ccc(C6(c7ccc(-c8cccc(C)c8)cc7)C=CC=N6)cc5)cc4)C=CC=N3)cc2)c1. The molecule has 9 aromatic carbocycles. The maximum absolute atomic E-state index is 5.14. The van der Waals surface area contributed by atoms with Crippen LogP contribution in [0.2, 0.25) is 0 Å². The first kappa shape index (κ1) is 45.2. The van der Waals surface area contributed by atoms with Crippen molar-refractivity contribution in [3.05, 3.63) is 305 Å². The van der Waals surface area contributed by atoms with Crippen LogP contribution in [0.1, 0.15) is 50.1 Å². The molecule has 3 aliphatic rings. The lowest BCUT2D eigenvalue weighted by Gasteiger charge is -2.31. The Balaban J connectivity index is 0.904. The highest BCUT2D eigenvalue weighted by Crippen LogP contribution is 2.45. The van der Waals surface area contributed by atoms with E-state index in [0.29, 0.717) is 0 Å². The summed E-state index contributed by atoms with van der Waals surface area (Å²) in [5, 5.41) is 0. The van der Waals surface area contributed by atoms with Crippen LogP contribution in [0.25, 0.3) is 33.4 Å². The fourth-order valence-corrected chi connectivity index (χ4v) is 10.9. The third-order valence-electron chi connectivity index (χ3n) is 14.8. The van der Waals surface area contributed by atoms with Crippen LogP contribution in [0.4, 0.5) is 17.1 Å². The van der Waals surface area contributed by atoms with Gasteiger partial charge < -0.3 is 4.90 Å². The average molecular weight is 939 g/mol. The molecule has 0 radical (unpaired) electrons. The van der Waals surface area contributed by atoms with Gasteiger partial charge in [0.25, 0.3) is 0 Å². The van der Waals surface area contributed by atoms with Crippen molar-refractivity contribution >= 4 is 35.7 Å². The fraction of sp³-hybridized carbons (Fsp3) is 0.0870. The number of benzene rings is 9. The Hall–Kier alpha value is -8.99. The van der Waals surface area contributed by atoms with Crippen molar-refractivity contribution in [3.8, 4) is 33.4 Å². The van der Waals surface area contributed by atoms with E-state index in [-0.39, 0.29) is 0 Å². The molecule has 3 unspecified atom stereocenters. The first-order valence-electron chi connectivity index (χ1n) is 25.1. The monoisotopic (exact) mass is 938 g/mol. The van der Waals surface area contributed by atoms with Gasteiger partial charge in [0.15, 0.2) is 0 Å². The van der Waals surface area contributed by atoms with E-state index in [1.54, 1.807) is 0 Å². The summed E-state index contributed by atoms with van der Waals surface area (Å²) in [5.74, 6) is 0. The minimum atomic E-state index is -0.637. The summed E-state index contributed by atoms with van der Waals surface area (Å²) < 4.78 is 0. The second kappa shape index (κ2) is 18.6. The van der Waals surface area contributed by atoms with Gasteiger partial charge in [0.1, 0.15) is 16.6 Å². The van der Waals surface area contributed by atoms with Gasteiger partial charge in [-0.15, -0.1) is 0 Å². The molecule has 3 aliphatic heterocycles. The van der Waals surface area contributed by atoms with Crippen molar-refractivity contribution in [1.82, 2.24) is 0 Å². The number of anilines is 3. The Morgan fingerprint density at radius 1 is 0.274 bits per heavy atom. The Kier molecular flexibility index (Phi) is 11.5. The van der Waals surface area contributed by atoms with Gasteiger partial charge in [-0.2, -0.15) is 0 Å². The molecule has 4 heteroatoms. The lowest BCUT2D eigenvalue weighted by Crippen LogP contribution is -2.22. The number of hydrogen-bond acceptors (Lipinski definition) is 4. The molecule has 0 amide bonds. The molecule has 0 saturated carbocycles. The van der Waals surface area contributed by atoms with Gasteiger partial charge in [-0.05, 0) is 160 Å². The zero-order chi connectivity index (χ0) is 49.4. The number of allylic oxidation sites excluding steroid dienone is 3. The Morgan fingerprint density at radius 3 is 0.740 bits per heavy atom. The van der Waals surface area contributed by atoms with Crippen LogP contribution in [0.5, 0.6) is 0 Å². The number of hydrogen-bond donors (Lipinski definition) is 0. The second-order valence-corrected chi connectivity index (χ2v) is 19.5. The number of rotatable bonds is 12. The van der Waals surface area contributed by atoms with Gasteiger partial charge in [-0.3, -0.25) is 15.0 Å². The summed E-state index contributed by atoms with van der Waals surface area (Å²) in [6.45, 7) is 6.41. The number of nitrogens with zero attached hydrogens (tertiary/aromatic N) is 4. The van der Waals surface area contributed by atoms with Gasteiger partial charge >= 0.3 is 0 Å². The first-order valence-corrected chi connectivity index (χ1v) is 25.1. The predicted octanol–water partition coefficient (Wildman–Crippen LogP) is 16.7. The summed E-state index contributed by atoms with van der Waals surface area (Å²) in [5.41, 5.74) is 18.7. The van der Waals surface area contributed by atoms with E-state index in [4.69, 9.17) is 15.0 Å². The first-order chi connectivity index (χ1) is 35.8. The van der Waals surface area contributed by atoms with Gasteiger partial charge in [0.2, 0.25) is 0 Å². The number of aryl methyl sites for hydroxylation is 3. The van der Waals surface area contributed by atoms with Crippen LogP contribution >= 0.6 is 0 Å². The molecule has 3 atom stereocenters. The van der Waals surface area contributed by atoms with Crippen molar-refractivity contribution in [2.24, 2.45) is 15.0 Å². The molecule has 0 bridgehead atoms. The molecule has 3 heterocycles. The molecule has 350 valence electrons. The van der Waals surface area contributed by atoms with E-state index in [0.717, 1.165) is 50.4 Å². The molecular formula is C69H54N4. The third kappa shape index (κ3) is 8.31. The minimum Gasteiger partial charge on any atom is -0.311 e. The Bertz CT molecular complexity index is 3240. The van der Waals surface area contributed by atoms with Crippen LogP contribution in [0, 0.1) is 20.8 Å². The lowest BCUT2D eigenvalue weighted by atomic mass is 9.82. The lowest BCUT2D eigenvalue weighted by molar-refractivity contribution is 0.700. The smallest absolute Gasteiger partial charge is 0.129 e. The summed E-state index contributed by atoms with van der Waals surface area (Å²) in [7, 11) is 0. The van der Waals surface area contributed by atoms with Crippen molar-refractivity contribution < 1.29 is 0 Å². The topological polar surface area (TPSA) is 40.3 Å². The Morgan fingerprint density at radius 2 is 0.521 bits per heavy atom. The highest BCUT2D eigenvalue weighted by atomic mass is 15.1. The van der Waals surface area contributed by atoms with Crippen LogP contribution in [0.3, 0.4) is 0 Å². The highest BCUT2D eigenvalue weighted by Gasteiger charge is 2.36. The Labute approximate surface area is 429 Å². The molecule has 4 nitrogen and oxygen atoms in total. The fourth-order valence-electron chi connectivity index (χ4n) is 10.9. The van der Waals surface area contributed by atoms with Gasteiger partial charge in [-0.1, -0.05) is 199 Å². The minimum absolute atomic E-state index is 0.637. The summed E-state index contributed by atoms with van der Waals surface area (Å²) in [6, 6.07) is 79.3. The van der Waals surface area contributed by atoms with Crippen LogP contribution in [-0.2, 0) is 16.6 Å². The van der Waals surface area contributed by atoms with Gasteiger partial charge in [0, 0.05) is 35.7 Å². The quantitative estimate of drug-likeness (QED) is 0.120. The van der Waals surface area contributed by atoms with E-state index >= 15 is 0 Å². The maximum atomic E-state index is 5.14. The van der Waals surface area contributed by atoms with Crippen molar-refractivity contribution in [1.29, 1.82) is 0 Å². The van der Waals surface area contributed by atoms with Crippen molar-refractivity contribution in [2.75, 3.05) is 4.90 Å². The van der Waals surface area contributed by atoms with E-state index in [2.05, 4.69) is 281 Å². The van der Waals surface area contributed by atoms with E-state index in [1.807, 2.05) is 18.6 Å². The molecule has 0 aromatic heterocycles. The molecule has 0 N–H and O–H groups in total. The summed E-state index contributed by atoms with van der Waals surface area (Å²) in [6.07, 6.45) is 18.5. The molecule has 0 aliphatic carbocycles. The largest absolute Gasteiger partial charge is 0.311 e. The van der Waals surface area contributed by atoms with E-state index in [1.165, 1.54) is 50.1 Å². The van der Waals surface area contributed by atoms with Crippen molar-refractivity contribution in [2.45, 2.75) is 37.4 Å². The van der Waals surface area contributed by atoms with Crippen LogP contribution in [0.15, 0.2) is 270 Å². The summed E-state index contributed by atoms with van der Waals surface area (Å²) >= 11 is 0. The molecule has 73 heavy (non-hydrogen) atoms. The third-order valence-corrected chi connectivity index (χ3v) is 14.8. The average Bonchev–Trinajstić information content (AvgIpc) is 4.26. The molecule has 0 fully saturated rings. The molecule has 0 saturated heterocycles. The van der Waals surface area contributed by atoms with Gasteiger partial charge in [0.05, 0.1) is 0 Å². The van der Waals surface area contributed by atoms with Gasteiger partial charge in [-0.25, -0.2) is 0 Å². The van der Waals surface area contributed by atoms with Crippen LogP contribution in [-0.4, -0.2) is 18.6 Å². The molecule has 9 aromatic rings. The highest BCUT2D eigenvalue weighted by molar-refractivity contribution is 5.82. The normalized spacial score (nSPS) is 19.3. The summed E-state index contributed by atoms with van der Waals surface area (Å²) in [4.78, 5) is 17.7. The molecule has 12 rings (SSSR count). The maximum Gasteiger partial charge on any atom is 0.129 e. The zero-order valence-corrected chi connectivity index (χ0v) is 41.3.